The van der Waals surface area contributed by atoms with Crippen molar-refractivity contribution in [2.45, 2.75) is 24.8 Å². The third-order valence-electron chi connectivity index (χ3n) is 6.67. The number of carbonyl (C=O) groups is 2. The number of benzene rings is 3. The minimum absolute atomic E-state index is 0.0163. The van der Waals surface area contributed by atoms with Crippen LogP contribution < -0.4 is 0 Å². The quantitative estimate of drug-likeness (QED) is 0.471. The number of aromatic nitrogens is 3. The standard InChI is InChI=1S/C26H22N4O3/c31-25(30-23-13-6-5-12-22(23)27-28-30)24-14-7-15-29(24)26(32)33-16-21-19-10-3-1-8-17(19)18-9-2-4-11-20(18)21/h1-6,8-13,21,24H,7,14-16H2/t24-/m0/s1. The van der Waals surface area contributed by atoms with Crippen LogP contribution in [0.2, 0.25) is 0 Å². The summed E-state index contributed by atoms with van der Waals surface area (Å²) in [4.78, 5) is 27.8. The summed E-state index contributed by atoms with van der Waals surface area (Å²) in [5.41, 5.74) is 5.98. The molecule has 1 aliphatic carbocycles. The second-order valence-corrected chi connectivity index (χ2v) is 8.48. The predicted octanol–water partition coefficient (Wildman–Crippen LogP) is 4.49. The fourth-order valence-corrected chi connectivity index (χ4v) is 5.09. The molecule has 1 aromatic heterocycles. The van der Waals surface area contributed by atoms with Gasteiger partial charge in [0, 0.05) is 12.5 Å². The summed E-state index contributed by atoms with van der Waals surface area (Å²) >= 11 is 0. The minimum Gasteiger partial charge on any atom is -0.448 e. The van der Waals surface area contributed by atoms with E-state index in [1.54, 1.807) is 6.07 Å². The summed E-state index contributed by atoms with van der Waals surface area (Å²) < 4.78 is 7.10. The van der Waals surface area contributed by atoms with Gasteiger partial charge in [0.25, 0.3) is 5.91 Å². The van der Waals surface area contributed by atoms with Gasteiger partial charge in [-0.05, 0) is 47.2 Å². The van der Waals surface area contributed by atoms with E-state index in [4.69, 9.17) is 4.74 Å². The first-order valence-corrected chi connectivity index (χ1v) is 11.2. The fraction of sp³-hybridized carbons (Fsp3) is 0.231. The van der Waals surface area contributed by atoms with Gasteiger partial charge in [-0.15, -0.1) is 5.10 Å². The van der Waals surface area contributed by atoms with Crippen LogP contribution in [0.5, 0.6) is 0 Å². The van der Waals surface area contributed by atoms with Crippen LogP contribution in [0.4, 0.5) is 4.79 Å². The SMILES string of the molecule is O=C(OCC1c2ccccc2-c2ccccc21)N1CCC[C@H]1C(=O)n1nnc2ccccc21. The van der Waals surface area contributed by atoms with Crippen LogP contribution in [0.1, 0.15) is 34.7 Å². The van der Waals surface area contributed by atoms with E-state index in [1.807, 2.05) is 42.5 Å². The molecule has 1 atom stereocenters. The van der Waals surface area contributed by atoms with Gasteiger partial charge in [-0.25, -0.2) is 4.79 Å². The van der Waals surface area contributed by atoms with Crippen LogP contribution in [0.3, 0.4) is 0 Å². The van der Waals surface area contributed by atoms with Crippen molar-refractivity contribution in [2.75, 3.05) is 13.2 Å². The van der Waals surface area contributed by atoms with Crippen molar-refractivity contribution in [1.29, 1.82) is 0 Å². The number of carbonyl (C=O) groups excluding carboxylic acids is 2. The molecule has 2 heterocycles. The van der Waals surface area contributed by atoms with E-state index in [2.05, 4.69) is 34.6 Å². The number of nitrogens with zero attached hydrogens (tertiary/aromatic N) is 4. The molecular weight excluding hydrogens is 416 g/mol. The second-order valence-electron chi connectivity index (χ2n) is 8.48. The van der Waals surface area contributed by atoms with Crippen LogP contribution in [-0.4, -0.2) is 51.1 Å². The number of hydrogen-bond donors (Lipinski definition) is 0. The lowest BCUT2D eigenvalue weighted by Crippen LogP contribution is -2.43. The molecule has 1 amide bonds. The molecule has 6 rings (SSSR count). The summed E-state index contributed by atoms with van der Waals surface area (Å²) in [7, 11) is 0. The fourth-order valence-electron chi connectivity index (χ4n) is 5.09. The van der Waals surface area contributed by atoms with Crippen LogP contribution in [-0.2, 0) is 4.74 Å². The summed E-state index contributed by atoms with van der Waals surface area (Å²) in [6.07, 6.45) is 0.863. The topological polar surface area (TPSA) is 77.3 Å². The molecule has 164 valence electrons. The van der Waals surface area contributed by atoms with Crippen LogP contribution >= 0.6 is 0 Å². The molecule has 7 heteroatoms. The van der Waals surface area contributed by atoms with Crippen LogP contribution in [0, 0.1) is 0 Å². The number of ether oxygens (including phenoxy) is 1. The lowest BCUT2D eigenvalue weighted by molar-refractivity contribution is 0.0676. The highest BCUT2D eigenvalue weighted by Gasteiger charge is 2.38. The van der Waals surface area contributed by atoms with Gasteiger partial charge in [-0.2, -0.15) is 4.68 Å². The number of amides is 1. The summed E-state index contributed by atoms with van der Waals surface area (Å²) in [6, 6.07) is 23.2. The summed E-state index contributed by atoms with van der Waals surface area (Å²) in [6.45, 7) is 0.718. The van der Waals surface area contributed by atoms with E-state index in [1.165, 1.54) is 20.7 Å². The van der Waals surface area contributed by atoms with E-state index >= 15 is 0 Å². The van der Waals surface area contributed by atoms with E-state index in [-0.39, 0.29) is 18.4 Å². The first-order chi connectivity index (χ1) is 16.2. The predicted molar refractivity (Wildman–Crippen MR) is 123 cm³/mol. The van der Waals surface area contributed by atoms with Crippen molar-refractivity contribution in [3.63, 3.8) is 0 Å². The molecule has 1 aliphatic heterocycles. The number of fused-ring (bicyclic) bond motifs is 4. The molecular formula is C26H22N4O3. The largest absolute Gasteiger partial charge is 0.448 e. The van der Waals surface area contributed by atoms with E-state index in [9.17, 15) is 9.59 Å². The summed E-state index contributed by atoms with van der Waals surface area (Å²) in [5.74, 6) is -0.271. The zero-order valence-electron chi connectivity index (χ0n) is 17.9. The number of para-hydroxylation sites is 1. The van der Waals surface area contributed by atoms with Crippen molar-refractivity contribution in [1.82, 2.24) is 19.9 Å². The maximum Gasteiger partial charge on any atom is 0.410 e. The first kappa shape index (κ1) is 19.7. The van der Waals surface area contributed by atoms with Gasteiger partial charge in [0.2, 0.25) is 0 Å². The first-order valence-electron chi connectivity index (χ1n) is 11.2. The highest BCUT2D eigenvalue weighted by molar-refractivity contribution is 5.93. The molecule has 1 fully saturated rings. The van der Waals surface area contributed by atoms with Gasteiger partial charge in [0.15, 0.2) is 0 Å². The van der Waals surface area contributed by atoms with Crippen molar-refractivity contribution >= 4 is 23.0 Å². The molecule has 3 aromatic carbocycles. The number of hydrogen-bond acceptors (Lipinski definition) is 5. The van der Waals surface area contributed by atoms with Crippen molar-refractivity contribution in [3.8, 4) is 11.1 Å². The zero-order chi connectivity index (χ0) is 22.4. The molecule has 0 spiro atoms. The van der Waals surface area contributed by atoms with Gasteiger partial charge in [-0.3, -0.25) is 9.69 Å². The third kappa shape index (κ3) is 3.19. The Morgan fingerprint density at radius 2 is 1.58 bits per heavy atom. The van der Waals surface area contributed by atoms with E-state index in [0.717, 1.165) is 17.5 Å². The average molecular weight is 438 g/mol. The average Bonchev–Trinajstić information content (AvgIpc) is 3.58. The zero-order valence-corrected chi connectivity index (χ0v) is 17.9. The maximum atomic E-state index is 13.2. The molecule has 0 N–H and O–H groups in total. The lowest BCUT2D eigenvalue weighted by Gasteiger charge is -2.24. The Bertz CT molecular complexity index is 1330. The molecule has 1 saturated heterocycles. The van der Waals surface area contributed by atoms with Crippen LogP contribution in [0.25, 0.3) is 22.2 Å². The van der Waals surface area contributed by atoms with Crippen molar-refractivity contribution < 1.29 is 14.3 Å². The van der Waals surface area contributed by atoms with E-state index in [0.29, 0.717) is 24.0 Å². The minimum atomic E-state index is -0.606. The Labute approximate surface area is 190 Å². The molecule has 0 saturated carbocycles. The lowest BCUT2D eigenvalue weighted by atomic mass is 9.98. The Kier molecular flexibility index (Phi) is 4.68. The van der Waals surface area contributed by atoms with Gasteiger partial charge in [0.1, 0.15) is 18.2 Å². The molecule has 33 heavy (non-hydrogen) atoms. The van der Waals surface area contributed by atoms with Gasteiger partial charge in [-0.1, -0.05) is 65.9 Å². The maximum absolute atomic E-state index is 13.2. The molecule has 0 unspecified atom stereocenters. The Hall–Kier alpha value is -4.00. The third-order valence-corrected chi connectivity index (χ3v) is 6.67. The molecule has 7 nitrogen and oxygen atoms in total. The molecule has 0 radical (unpaired) electrons. The van der Waals surface area contributed by atoms with Crippen molar-refractivity contribution in [3.05, 3.63) is 83.9 Å². The Morgan fingerprint density at radius 3 is 2.33 bits per heavy atom. The molecule has 0 bridgehead atoms. The molecule has 4 aromatic rings. The van der Waals surface area contributed by atoms with Gasteiger partial charge >= 0.3 is 6.09 Å². The van der Waals surface area contributed by atoms with E-state index < -0.39 is 12.1 Å². The van der Waals surface area contributed by atoms with Gasteiger partial charge < -0.3 is 4.74 Å². The number of rotatable bonds is 3. The highest BCUT2D eigenvalue weighted by Crippen LogP contribution is 2.44. The highest BCUT2D eigenvalue weighted by atomic mass is 16.6. The van der Waals surface area contributed by atoms with Gasteiger partial charge in [0.05, 0.1) is 5.52 Å². The van der Waals surface area contributed by atoms with Crippen LogP contribution in [0.15, 0.2) is 72.8 Å². The summed E-state index contributed by atoms with van der Waals surface area (Å²) in [5, 5.41) is 8.10. The Balaban J connectivity index is 1.21. The monoisotopic (exact) mass is 438 g/mol. The van der Waals surface area contributed by atoms with Crippen molar-refractivity contribution in [2.24, 2.45) is 0 Å². The smallest absolute Gasteiger partial charge is 0.410 e. The second kappa shape index (κ2) is 7.85. The normalized spacial score (nSPS) is 17.2. The number of likely N-dealkylation sites (tertiary alicyclic amines) is 1. The molecule has 2 aliphatic rings. The Morgan fingerprint density at radius 1 is 0.909 bits per heavy atom.